The monoisotopic (exact) mass is 415 g/mol. The van der Waals surface area contributed by atoms with Gasteiger partial charge >= 0.3 is 0 Å². The molecule has 0 aliphatic heterocycles. The molecule has 0 atom stereocenters. The summed E-state index contributed by atoms with van der Waals surface area (Å²) in [5.41, 5.74) is 1.12. The molecular formula is C21H25N3O6. The molecule has 0 saturated heterocycles. The van der Waals surface area contributed by atoms with Crippen molar-refractivity contribution >= 4 is 23.4 Å². The summed E-state index contributed by atoms with van der Waals surface area (Å²) in [5, 5.41) is 7.87. The van der Waals surface area contributed by atoms with Gasteiger partial charge in [-0.1, -0.05) is 6.07 Å². The molecule has 0 fully saturated rings. The number of anilines is 1. The van der Waals surface area contributed by atoms with Crippen LogP contribution < -0.4 is 30.2 Å². The molecule has 3 amide bonds. The third-order valence-electron chi connectivity index (χ3n) is 4.08. The topological polar surface area (TPSA) is 115 Å². The van der Waals surface area contributed by atoms with Crippen LogP contribution in [0.1, 0.15) is 27.6 Å². The number of ether oxygens (including phenoxy) is 3. The SMILES string of the molecule is CCNC(=O)c1cccc(NC(=O)CNC(=O)c2cc(OC)c(OC)c(OC)c2)c1. The van der Waals surface area contributed by atoms with Crippen LogP contribution in [-0.4, -0.2) is 52.1 Å². The maximum absolute atomic E-state index is 12.5. The smallest absolute Gasteiger partial charge is 0.251 e. The number of amides is 3. The van der Waals surface area contributed by atoms with E-state index in [2.05, 4.69) is 16.0 Å². The highest BCUT2D eigenvalue weighted by atomic mass is 16.5. The summed E-state index contributed by atoms with van der Waals surface area (Å²) < 4.78 is 15.7. The normalized spacial score (nSPS) is 10.0. The fraction of sp³-hybridized carbons (Fsp3) is 0.286. The van der Waals surface area contributed by atoms with E-state index in [1.54, 1.807) is 24.3 Å². The van der Waals surface area contributed by atoms with Crippen LogP contribution in [0.5, 0.6) is 17.2 Å². The predicted octanol–water partition coefficient (Wildman–Crippen LogP) is 1.83. The molecule has 9 heteroatoms. The second-order valence-electron chi connectivity index (χ2n) is 6.09. The quantitative estimate of drug-likeness (QED) is 0.576. The van der Waals surface area contributed by atoms with Gasteiger partial charge in [-0.05, 0) is 37.3 Å². The van der Waals surface area contributed by atoms with E-state index < -0.39 is 11.8 Å². The second kappa shape index (κ2) is 10.7. The van der Waals surface area contributed by atoms with E-state index in [1.807, 2.05) is 6.92 Å². The first-order chi connectivity index (χ1) is 14.4. The minimum absolute atomic E-state index is 0.232. The summed E-state index contributed by atoms with van der Waals surface area (Å²) in [7, 11) is 4.36. The van der Waals surface area contributed by atoms with Crippen molar-refractivity contribution in [1.29, 1.82) is 0 Å². The van der Waals surface area contributed by atoms with Gasteiger partial charge in [-0.3, -0.25) is 14.4 Å². The highest BCUT2D eigenvalue weighted by Gasteiger charge is 2.17. The highest BCUT2D eigenvalue weighted by molar-refractivity contribution is 6.01. The van der Waals surface area contributed by atoms with Crippen LogP contribution in [0.4, 0.5) is 5.69 Å². The lowest BCUT2D eigenvalue weighted by atomic mass is 10.1. The van der Waals surface area contributed by atoms with Crippen LogP contribution >= 0.6 is 0 Å². The summed E-state index contributed by atoms with van der Waals surface area (Å²) in [6, 6.07) is 9.50. The summed E-state index contributed by atoms with van der Waals surface area (Å²) in [6.45, 7) is 2.06. The zero-order valence-electron chi connectivity index (χ0n) is 17.3. The van der Waals surface area contributed by atoms with Gasteiger partial charge in [-0.2, -0.15) is 0 Å². The molecule has 30 heavy (non-hydrogen) atoms. The maximum atomic E-state index is 12.5. The number of carbonyl (C=O) groups is 3. The Bertz CT molecular complexity index is 904. The van der Waals surface area contributed by atoms with Crippen molar-refractivity contribution in [1.82, 2.24) is 10.6 Å². The second-order valence-corrected chi connectivity index (χ2v) is 6.09. The first-order valence-electron chi connectivity index (χ1n) is 9.19. The lowest BCUT2D eigenvalue weighted by Gasteiger charge is -2.14. The average molecular weight is 415 g/mol. The van der Waals surface area contributed by atoms with E-state index in [9.17, 15) is 14.4 Å². The lowest BCUT2D eigenvalue weighted by molar-refractivity contribution is -0.115. The minimum atomic E-state index is -0.486. The Balaban J connectivity index is 2.02. The number of nitrogens with one attached hydrogen (secondary N) is 3. The molecule has 0 aliphatic carbocycles. The van der Waals surface area contributed by atoms with E-state index in [-0.39, 0.29) is 18.0 Å². The van der Waals surface area contributed by atoms with E-state index in [0.717, 1.165) is 0 Å². The van der Waals surface area contributed by atoms with E-state index >= 15 is 0 Å². The Morgan fingerprint density at radius 3 is 2.03 bits per heavy atom. The van der Waals surface area contributed by atoms with Crippen molar-refractivity contribution in [3.05, 3.63) is 47.5 Å². The van der Waals surface area contributed by atoms with Gasteiger partial charge in [0.25, 0.3) is 11.8 Å². The van der Waals surface area contributed by atoms with Gasteiger partial charge < -0.3 is 30.2 Å². The molecule has 0 radical (unpaired) electrons. The Morgan fingerprint density at radius 1 is 0.833 bits per heavy atom. The summed E-state index contributed by atoms with van der Waals surface area (Å²) in [5.74, 6) is -0.142. The van der Waals surface area contributed by atoms with Gasteiger partial charge in [0.15, 0.2) is 11.5 Å². The predicted molar refractivity (Wildman–Crippen MR) is 112 cm³/mol. The van der Waals surface area contributed by atoms with Crippen molar-refractivity contribution in [2.24, 2.45) is 0 Å². The molecule has 0 aromatic heterocycles. The van der Waals surface area contributed by atoms with E-state index in [0.29, 0.717) is 35.0 Å². The maximum Gasteiger partial charge on any atom is 0.251 e. The molecule has 2 aromatic rings. The van der Waals surface area contributed by atoms with Gasteiger partial charge in [0.05, 0.1) is 27.9 Å². The molecule has 0 heterocycles. The van der Waals surface area contributed by atoms with Crippen molar-refractivity contribution in [2.45, 2.75) is 6.92 Å². The number of hydrogen-bond donors (Lipinski definition) is 3. The lowest BCUT2D eigenvalue weighted by Crippen LogP contribution is -2.33. The van der Waals surface area contributed by atoms with Gasteiger partial charge in [0, 0.05) is 23.4 Å². The number of rotatable bonds is 9. The Kier molecular flexibility index (Phi) is 8.04. The minimum Gasteiger partial charge on any atom is -0.493 e. The molecule has 0 aliphatic rings. The summed E-state index contributed by atoms with van der Waals surface area (Å²) in [6.07, 6.45) is 0. The average Bonchev–Trinajstić information content (AvgIpc) is 2.76. The van der Waals surface area contributed by atoms with Crippen molar-refractivity contribution in [3.63, 3.8) is 0 Å². The Hall–Kier alpha value is -3.75. The summed E-state index contributed by atoms with van der Waals surface area (Å²) in [4.78, 5) is 36.6. The number of carbonyl (C=O) groups excluding carboxylic acids is 3. The Morgan fingerprint density at radius 2 is 1.47 bits per heavy atom. The first kappa shape index (κ1) is 22.5. The number of hydrogen-bond acceptors (Lipinski definition) is 6. The van der Waals surface area contributed by atoms with E-state index in [4.69, 9.17) is 14.2 Å². The molecule has 0 saturated carbocycles. The fourth-order valence-electron chi connectivity index (χ4n) is 2.68. The standard InChI is InChI=1S/C21H25N3O6/c1-5-22-20(26)13-7-6-8-15(9-13)24-18(25)12-23-21(27)14-10-16(28-2)19(30-4)17(11-14)29-3/h6-11H,5,12H2,1-4H3,(H,22,26)(H,23,27)(H,24,25). The number of methoxy groups -OCH3 is 3. The van der Waals surface area contributed by atoms with Gasteiger partial charge in [0.1, 0.15) is 0 Å². The molecule has 0 spiro atoms. The molecular weight excluding hydrogens is 390 g/mol. The van der Waals surface area contributed by atoms with Crippen LogP contribution in [-0.2, 0) is 4.79 Å². The van der Waals surface area contributed by atoms with Crippen LogP contribution in [0.2, 0.25) is 0 Å². The number of benzene rings is 2. The highest BCUT2D eigenvalue weighted by Crippen LogP contribution is 2.38. The zero-order chi connectivity index (χ0) is 22.1. The van der Waals surface area contributed by atoms with Gasteiger partial charge in [-0.15, -0.1) is 0 Å². The molecule has 2 aromatic carbocycles. The molecule has 0 unspecified atom stereocenters. The third kappa shape index (κ3) is 5.63. The van der Waals surface area contributed by atoms with Gasteiger partial charge in [0.2, 0.25) is 11.7 Å². The molecule has 3 N–H and O–H groups in total. The summed E-state index contributed by atoms with van der Waals surface area (Å²) >= 11 is 0. The fourth-order valence-corrected chi connectivity index (χ4v) is 2.68. The van der Waals surface area contributed by atoms with Crippen molar-refractivity contribution in [2.75, 3.05) is 39.7 Å². The van der Waals surface area contributed by atoms with Crippen molar-refractivity contribution in [3.8, 4) is 17.2 Å². The molecule has 2 rings (SSSR count). The van der Waals surface area contributed by atoms with Crippen molar-refractivity contribution < 1.29 is 28.6 Å². The van der Waals surface area contributed by atoms with E-state index in [1.165, 1.54) is 33.5 Å². The molecule has 9 nitrogen and oxygen atoms in total. The van der Waals surface area contributed by atoms with Crippen LogP contribution in [0.3, 0.4) is 0 Å². The van der Waals surface area contributed by atoms with Crippen LogP contribution in [0, 0.1) is 0 Å². The zero-order valence-corrected chi connectivity index (χ0v) is 17.3. The first-order valence-corrected chi connectivity index (χ1v) is 9.19. The van der Waals surface area contributed by atoms with Crippen LogP contribution in [0.15, 0.2) is 36.4 Å². The van der Waals surface area contributed by atoms with Gasteiger partial charge in [-0.25, -0.2) is 0 Å². The molecule has 0 bridgehead atoms. The van der Waals surface area contributed by atoms with Crippen LogP contribution in [0.25, 0.3) is 0 Å². The Labute approximate surface area is 174 Å². The third-order valence-corrected chi connectivity index (χ3v) is 4.08. The largest absolute Gasteiger partial charge is 0.493 e. The molecule has 160 valence electrons.